The van der Waals surface area contributed by atoms with Crippen molar-refractivity contribution in [2.75, 3.05) is 233 Å². The molecular formula is C54H111BrO13S12Si3. The van der Waals surface area contributed by atoms with Crippen LogP contribution in [0.5, 0.6) is 0 Å². The minimum atomic E-state index is -2.27. The Morgan fingerprint density at radius 3 is 0.843 bits per heavy atom. The van der Waals surface area contributed by atoms with Crippen LogP contribution in [0.1, 0.15) is 70.6 Å². The maximum atomic E-state index is 5.90. The van der Waals surface area contributed by atoms with Gasteiger partial charge in [0.2, 0.25) is 0 Å². The van der Waals surface area contributed by atoms with Gasteiger partial charge in [0.25, 0.3) is 0 Å². The summed E-state index contributed by atoms with van der Waals surface area (Å²) >= 11 is 32.3. The van der Waals surface area contributed by atoms with E-state index in [0.717, 1.165) is 143 Å². The Labute approximate surface area is 571 Å². The lowest BCUT2D eigenvalue weighted by molar-refractivity contribution is 0.0605. The van der Waals surface area contributed by atoms with Gasteiger partial charge in [-0.15, -0.1) is 0 Å². The average molecular weight is 1520 g/mol. The Kier molecular flexibility index (Phi) is 63.6. The molecular weight excluding hydrogens is 1410 g/mol. The summed E-state index contributed by atoms with van der Waals surface area (Å²) < 4.78 is 73.2. The van der Waals surface area contributed by atoms with Crippen LogP contribution in [0.4, 0.5) is 0 Å². The van der Waals surface area contributed by atoms with Crippen molar-refractivity contribution in [3.05, 3.63) is 0 Å². The van der Waals surface area contributed by atoms with E-state index < -0.39 is 26.4 Å². The van der Waals surface area contributed by atoms with E-state index in [1.165, 1.54) is 143 Å². The molecule has 4 rings (SSSR count). The Hall–Kier alpha value is 4.81. The van der Waals surface area contributed by atoms with E-state index >= 15 is 0 Å². The van der Waals surface area contributed by atoms with Gasteiger partial charge in [0, 0.05) is 67.8 Å². The number of fused-ring (bicyclic) bond motifs is 4. The summed E-state index contributed by atoms with van der Waals surface area (Å²) in [5.74, 6) is 26.4. The Morgan fingerprint density at radius 1 is 0.361 bits per heavy atom. The lowest BCUT2D eigenvalue weighted by Crippen LogP contribution is -2.42. The zero-order valence-electron chi connectivity index (χ0n) is 51.0. The molecule has 0 aromatic rings. The monoisotopic (exact) mass is 1510 g/mol. The molecule has 29 heteroatoms. The number of thioether (sulfide) groups is 10. The molecule has 0 spiro atoms. The van der Waals surface area contributed by atoms with E-state index in [9.17, 15) is 0 Å². The third-order valence-corrected chi connectivity index (χ3v) is 33.2. The first kappa shape index (κ1) is 83.9. The van der Waals surface area contributed by atoms with Crippen LogP contribution in [0.3, 0.4) is 0 Å². The summed E-state index contributed by atoms with van der Waals surface area (Å²) in [4.78, 5) is 0. The number of halogens is 1. The maximum absolute atomic E-state index is 5.90. The number of ether oxygens (including phenoxy) is 4. The van der Waals surface area contributed by atoms with Gasteiger partial charge in [-0.2, -0.15) is 143 Å². The molecule has 4 aliphatic heterocycles. The molecule has 496 valence electrons. The van der Waals surface area contributed by atoms with E-state index in [-0.39, 0.29) is 12.2 Å². The second-order valence-electron chi connectivity index (χ2n) is 19.2. The van der Waals surface area contributed by atoms with Crippen molar-refractivity contribution in [1.82, 2.24) is 0 Å². The zero-order chi connectivity index (χ0) is 59.6. The normalized spacial score (nSPS) is 19.9. The molecule has 4 saturated heterocycles. The zero-order valence-corrected chi connectivity index (χ0v) is 65.5. The van der Waals surface area contributed by atoms with E-state index in [1.54, 1.807) is 21.3 Å². The van der Waals surface area contributed by atoms with E-state index in [4.69, 9.17) is 58.8 Å². The van der Waals surface area contributed by atoms with Crippen molar-refractivity contribution in [2.24, 2.45) is 0 Å². The van der Waals surface area contributed by atoms with Crippen molar-refractivity contribution in [3.8, 4) is 0 Å². The molecule has 4 bridgehead atoms. The largest absolute Gasteiger partial charge is 0.501 e. The SMILES string of the molecule is C(CSCCCSCCOCCOCCSCCCSCCCSCCC[Si]12OCC(CO1)O2)CSCCC[Si]12OCC(CO1)O2.CO[Si](CCCBr)(OC)OC.SCCCSCCCSCCOCCOCCSCCCSCCCS. The highest BCUT2D eigenvalue weighted by Gasteiger charge is 2.55. The van der Waals surface area contributed by atoms with E-state index in [2.05, 4.69) is 112 Å². The van der Waals surface area contributed by atoms with Gasteiger partial charge in [-0.3, -0.25) is 0 Å². The van der Waals surface area contributed by atoms with Crippen molar-refractivity contribution < 1.29 is 58.8 Å². The molecule has 0 saturated carbocycles. The van der Waals surface area contributed by atoms with Gasteiger partial charge in [0.05, 0.1) is 91.5 Å². The summed E-state index contributed by atoms with van der Waals surface area (Å²) in [5.41, 5.74) is 0. The molecule has 0 amide bonds. The molecule has 83 heavy (non-hydrogen) atoms. The maximum Gasteiger partial charge on any atom is 0.501 e. The van der Waals surface area contributed by atoms with Crippen LogP contribution in [-0.4, -0.2) is 271 Å². The quantitative estimate of drug-likeness (QED) is 0.0260. The molecule has 0 N–H and O–H groups in total. The van der Waals surface area contributed by atoms with Crippen LogP contribution in [0, 0.1) is 0 Å². The van der Waals surface area contributed by atoms with Crippen LogP contribution >= 0.6 is 159 Å². The fourth-order valence-electron chi connectivity index (χ4n) is 7.91. The molecule has 0 atom stereocenters. The van der Waals surface area contributed by atoms with E-state index in [1.807, 2.05) is 47.0 Å². The van der Waals surface area contributed by atoms with Crippen LogP contribution in [0.25, 0.3) is 0 Å². The van der Waals surface area contributed by atoms with Gasteiger partial charge >= 0.3 is 26.4 Å². The van der Waals surface area contributed by atoms with Crippen LogP contribution in [-0.2, 0) is 58.8 Å². The molecule has 4 aliphatic rings. The van der Waals surface area contributed by atoms with Crippen LogP contribution < -0.4 is 0 Å². The summed E-state index contributed by atoms with van der Waals surface area (Å²) in [6.45, 7) is 9.28. The van der Waals surface area contributed by atoms with Gasteiger partial charge in [0.1, 0.15) is 0 Å². The topological polar surface area (TPSA) is 120 Å². The van der Waals surface area contributed by atoms with Crippen LogP contribution in [0.15, 0.2) is 0 Å². The second kappa shape index (κ2) is 62.9. The van der Waals surface area contributed by atoms with Crippen LogP contribution in [0.2, 0.25) is 18.1 Å². The van der Waals surface area contributed by atoms with Gasteiger partial charge in [-0.1, -0.05) is 15.9 Å². The fourth-order valence-corrected chi connectivity index (χ4v) is 26.9. The standard InChI is InChI=1S/C30H58O8S6Si2.C18H38O2S6.C6H15BrO3Si/c1(15-41-19-5-23-45-33-25-29(37-45)26-34-45)11-39-13-3-17-43-21-9-31-7-8-32-10-22-44-18-4-14-40-12-2-16-42-20-6-24-46-35-27-30(38-46)28-36-46;21-9-1-11-23-13-3-15-25-17-7-19-5-6-20-8-18-26-16-4-14-24-12-2-10-22;1-8-11(9-2,10-3)6-4-5-7/h29-30H,1-28H2;21-22H,1-18H2;4-6H2,1-3H3. The molecule has 4 fully saturated rings. The summed E-state index contributed by atoms with van der Waals surface area (Å²) in [7, 11) is -1.77. The summed E-state index contributed by atoms with van der Waals surface area (Å²) in [6, 6.07) is 2.85. The lowest BCUT2D eigenvalue weighted by Gasteiger charge is -2.23. The first-order valence-electron chi connectivity index (χ1n) is 30.4. The molecule has 4 heterocycles. The van der Waals surface area contributed by atoms with Crippen molar-refractivity contribution >= 4 is 185 Å². The van der Waals surface area contributed by atoms with Gasteiger partial charge in [-0.25, -0.2) is 0 Å². The second-order valence-corrected chi connectivity index (χ2v) is 41.6. The van der Waals surface area contributed by atoms with E-state index in [0.29, 0.717) is 13.2 Å². The third-order valence-electron chi connectivity index (χ3n) is 12.3. The first-order valence-corrected chi connectivity index (χ1v) is 50.1. The Bertz CT molecular complexity index is 1270. The highest BCUT2D eigenvalue weighted by molar-refractivity contribution is 9.09. The Balaban J connectivity index is 0.000000533. The number of rotatable bonds is 62. The van der Waals surface area contributed by atoms with Gasteiger partial charge in [-0.05, 0) is 174 Å². The van der Waals surface area contributed by atoms with Gasteiger partial charge < -0.3 is 58.8 Å². The minimum absolute atomic E-state index is 0.228. The molecule has 0 aliphatic carbocycles. The van der Waals surface area contributed by atoms with Crippen molar-refractivity contribution in [3.63, 3.8) is 0 Å². The van der Waals surface area contributed by atoms with Crippen molar-refractivity contribution in [1.29, 1.82) is 0 Å². The number of alkyl halides is 1. The molecule has 13 nitrogen and oxygen atoms in total. The number of hydrogen-bond acceptors (Lipinski definition) is 25. The number of thiol groups is 2. The smallest absolute Gasteiger partial charge is 0.378 e. The predicted octanol–water partition coefficient (Wildman–Crippen LogP) is 13.6. The average Bonchev–Trinajstić information content (AvgIpc) is 4.43. The highest BCUT2D eigenvalue weighted by Crippen LogP contribution is 2.34. The predicted molar refractivity (Wildman–Crippen MR) is 395 cm³/mol. The lowest BCUT2D eigenvalue weighted by atomic mass is 10.4. The molecule has 0 aromatic heterocycles. The molecule has 0 unspecified atom stereocenters. The number of hydrogen-bond donors (Lipinski definition) is 2. The minimum Gasteiger partial charge on any atom is -0.378 e. The van der Waals surface area contributed by atoms with Gasteiger partial charge in [0.15, 0.2) is 0 Å². The summed E-state index contributed by atoms with van der Waals surface area (Å²) in [5, 5.41) is 0.956. The first-order chi connectivity index (χ1) is 40.9. The highest BCUT2D eigenvalue weighted by atomic mass is 79.9. The Morgan fingerprint density at radius 2 is 0.614 bits per heavy atom. The molecule has 0 radical (unpaired) electrons. The fraction of sp³-hybridized carbons (Fsp3) is 1.00. The summed E-state index contributed by atoms with van der Waals surface area (Å²) in [6.07, 6.45) is 14.0. The van der Waals surface area contributed by atoms with Crippen molar-refractivity contribution in [2.45, 2.75) is 101 Å². The molecule has 0 aromatic carbocycles. The third kappa shape index (κ3) is 49.1.